The van der Waals surface area contributed by atoms with Gasteiger partial charge in [0, 0.05) is 5.56 Å². The van der Waals surface area contributed by atoms with E-state index in [1.54, 1.807) is 30.3 Å². The van der Waals surface area contributed by atoms with Crippen molar-refractivity contribution < 1.29 is 13.9 Å². The van der Waals surface area contributed by atoms with Crippen LogP contribution in [0.2, 0.25) is 5.02 Å². The number of benzene rings is 2. The smallest absolute Gasteiger partial charge is 0.185 e. The number of carbonyl (C=O) groups is 1. The molecule has 0 saturated carbocycles. The van der Waals surface area contributed by atoms with E-state index in [1.807, 2.05) is 43.3 Å². The number of rotatable bonds is 6. The lowest BCUT2D eigenvalue weighted by Crippen LogP contribution is -1.94. The number of halogens is 1. The molecule has 3 nitrogen and oxygen atoms in total. The Hall–Kier alpha value is -2.78. The third-order valence-corrected chi connectivity index (χ3v) is 3.90. The molecule has 0 N–H and O–H groups in total. The van der Waals surface area contributed by atoms with Gasteiger partial charge in [-0.3, -0.25) is 4.79 Å². The lowest BCUT2D eigenvalue weighted by molar-refractivity contribution is 0.104. The largest absolute Gasteiger partial charge is 0.484 e. The molecule has 0 spiro atoms. The SMILES string of the molecule is Cc1cccc(C(=O)/C=C/c2ccc(COc3ccccc3Cl)o2)c1. The zero-order valence-corrected chi connectivity index (χ0v) is 14.5. The first-order valence-electron chi connectivity index (χ1n) is 7.87. The van der Waals surface area contributed by atoms with Crippen molar-refractivity contribution in [1.29, 1.82) is 0 Å². The average Bonchev–Trinajstić information content (AvgIpc) is 3.07. The zero-order chi connectivity index (χ0) is 17.6. The number of carbonyl (C=O) groups excluding carboxylic acids is 1. The minimum absolute atomic E-state index is 0.0611. The molecular formula is C21H17ClO3. The molecule has 0 unspecified atom stereocenters. The number of aryl methyl sites for hydroxylation is 1. The summed E-state index contributed by atoms with van der Waals surface area (Å²) in [5, 5.41) is 0.554. The maximum atomic E-state index is 12.2. The molecule has 0 atom stereocenters. The van der Waals surface area contributed by atoms with Crippen LogP contribution in [0.1, 0.15) is 27.4 Å². The van der Waals surface area contributed by atoms with Crippen LogP contribution in [0.4, 0.5) is 0 Å². The van der Waals surface area contributed by atoms with Crippen molar-refractivity contribution in [2.45, 2.75) is 13.5 Å². The standard InChI is InChI=1S/C21H17ClO3/c1-15-5-4-6-16(13-15)20(23)12-11-17-9-10-18(25-17)14-24-21-8-3-2-7-19(21)22/h2-13H,14H2,1H3/b12-11+. The minimum atomic E-state index is -0.0611. The molecule has 0 aliphatic carbocycles. The van der Waals surface area contributed by atoms with Gasteiger partial charge in [-0.2, -0.15) is 0 Å². The van der Waals surface area contributed by atoms with Gasteiger partial charge in [0.2, 0.25) is 0 Å². The van der Waals surface area contributed by atoms with Gasteiger partial charge in [0.1, 0.15) is 23.9 Å². The fourth-order valence-electron chi connectivity index (χ4n) is 2.32. The van der Waals surface area contributed by atoms with Crippen LogP contribution < -0.4 is 4.74 Å². The van der Waals surface area contributed by atoms with Crippen LogP contribution in [0, 0.1) is 6.92 Å². The van der Waals surface area contributed by atoms with Gasteiger partial charge in [0.15, 0.2) is 5.78 Å². The van der Waals surface area contributed by atoms with Crippen LogP contribution in [0.3, 0.4) is 0 Å². The molecule has 0 saturated heterocycles. The second-order valence-corrected chi connectivity index (χ2v) is 6.00. The highest BCUT2D eigenvalue weighted by molar-refractivity contribution is 6.32. The minimum Gasteiger partial charge on any atom is -0.484 e. The van der Waals surface area contributed by atoms with E-state index in [0.717, 1.165) is 5.56 Å². The van der Waals surface area contributed by atoms with E-state index in [1.165, 1.54) is 6.08 Å². The number of para-hydroxylation sites is 1. The Morgan fingerprint density at radius 3 is 2.76 bits per heavy atom. The number of hydrogen-bond donors (Lipinski definition) is 0. The summed E-state index contributed by atoms with van der Waals surface area (Å²) in [6.07, 6.45) is 3.16. The summed E-state index contributed by atoms with van der Waals surface area (Å²) < 4.78 is 11.3. The van der Waals surface area contributed by atoms with Crippen LogP contribution in [0.5, 0.6) is 5.75 Å². The van der Waals surface area contributed by atoms with Crippen molar-refractivity contribution in [2.75, 3.05) is 0 Å². The Morgan fingerprint density at radius 1 is 1.12 bits per heavy atom. The molecule has 3 rings (SSSR count). The van der Waals surface area contributed by atoms with E-state index in [4.69, 9.17) is 20.8 Å². The van der Waals surface area contributed by atoms with Crippen molar-refractivity contribution in [1.82, 2.24) is 0 Å². The van der Waals surface area contributed by atoms with Crippen LogP contribution in [-0.2, 0) is 6.61 Å². The van der Waals surface area contributed by atoms with Gasteiger partial charge in [0.25, 0.3) is 0 Å². The molecule has 0 radical (unpaired) electrons. The molecular weight excluding hydrogens is 336 g/mol. The second-order valence-electron chi connectivity index (χ2n) is 5.59. The number of allylic oxidation sites excluding steroid dienone is 1. The van der Waals surface area contributed by atoms with E-state index in [9.17, 15) is 4.79 Å². The van der Waals surface area contributed by atoms with Gasteiger partial charge in [-0.1, -0.05) is 47.5 Å². The summed E-state index contributed by atoms with van der Waals surface area (Å²) in [5.74, 6) is 1.79. The molecule has 4 heteroatoms. The van der Waals surface area contributed by atoms with Crippen LogP contribution in [-0.4, -0.2) is 5.78 Å². The highest BCUT2D eigenvalue weighted by Gasteiger charge is 2.05. The number of furan rings is 1. The first kappa shape index (κ1) is 17.1. The molecule has 25 heavy (non-hydrogen) atoms. The maximum absolute atomic E-state index is 12.2. The Labute approximate surface area is 151 Å². The Morgan fingerprint density at radius 2 is 1.96 bits per heavy atom. The highest BCUT2D eigenvalue weighted by Crippen LogP contribution is 2.24. The fraction of sp³-hybridized carbons (Fsp3) is 0.0952. The van der Waals surface area contributed by atoms with Crippen molar-refractivity contribution in [2.24, 2.45) is 0 Å². The summed E-state index contributed by atoms with van der Waals surface area (Å²) in [6.45, 7) is 2.22. The molecule has 0 aliphatic heterocycles. The summed E-state index contributed by atoms with van der Waals surface area (Å²) >= 11 is 6.05. The molecule has 0 aliphatic rings. The summed E-state index contributed by atoms with van der Waals surface area (Å²) in [7, 11) is 0. The number of ketones is 1. The summed E-state index contributed by atoms with van der Waals surface area (Å²) in [6, 6.07) is 18.4. The first-order valence-corrected chi connectivity index (χ1v) is 8.25. The molecule has 0 amide bonds. The summed E-state index contributed by atoms with van der Waals surface area (Å²) in [4.78, 5) is 12.2. The summed E-state index contributed by atoms with van der Waals surface area (Å²) in [5.41, 5.74) is 1.71. The first-order chi connectivity index (χ1) is 12.1. The molecule has 126 valence electrons. The van der Waals surface area contributed by atoms with E-state index in [0.29, 0.717) is 27.9 Å². The zero-order valence-electron chi connectivity index (χ0n) is 13.7. The predicted molar refractivity (Wildman–Crippen MR) is 99.0 cm³/mol. The fourth-order valence-corrected chi connectivity index (χ4v) is 2.51. The number of hydrogen-bond acceptors (Lipinski definition) is 3. The van der Waals surface area contributed by atoms with Gasteiger partial charge < -0.3 is 9.15 Å². The van der Waals surface area contributed by atoms with E-state index in [2.05, 4.69) is 0 Å². The van der Waals surface area contributed by atoms with Crippen molar-refractivity contribution in [3.63, 3.8) is 0 Å². The molecule has 0 bridgehead atoms. The topological polar surface area (TPSA) is 39.4 Å². The molecule has 0 fully saturated rings. The van der Waals surface area contributed by atoms with E-state index < -0.39 is 0 Å². The third-order valence-electron chi connectivity index (χ3n) is 3.59. The maximum Gasteiger partial charge on any atom is 0.185 e. The van der Waals surface area contributed by atoms with Crippen LogP contribution in [0.15, 0.2) is 71.2 Å². The van der Waals surface area contributed by atoms with Gasteiger partial charge >= 0.3 is 0 Å². The molecule has 3 aromatic rings. The van der Waals surface area contributed by atoms with Crippen LogP contribution >= 0.6 is 11.6 Å². The monoisotopic (exact) mass is 352 g/mol. The third kappa shape index (κ3) is 4.61. The lowest BCUT2D eigenvalue weighted by Gasteiger charge is -2.05. The van der Waals surface area contributed by atoms with Gasteiger partial charge in [-0.25, -0.2) is 0 Å². The predicted octanol–water partition coefficient (Wildman–Crippen LogP) is 5.72. The molecule has 2 aromatic carbocycles. The highest BCUT2D eigenvalue weighted by atomic mass is 35.5. The quantitative estimate of drug-likeness (QED) is 0.421. The number of ether oxygens (including phenoxy) is 1. The van der Waals surface area contributed by atoms with Crippen molar-refractivity contribution in [3.8, 4) is 5.75 Å². The van der Waals surface area contributed by atoms with Crippen LogP contribution in [0.25, 0.3) is 6.08 Å². The lowest BCUT2D eigenvalue weighted by atomic mass is 10.1. The Bertz CT molecular complexity index is 909. The second kappa shape index (κ2) is 7.86. The Kier molecular flexibility index (Phi) is 5.36. The Balaban J connectivity index is 1.61. The van der Waals surface area contributed by atoms with Crippen molar-refractivity contribution in [3.05, 3.63) is 94.4 Å². The molecule has 1 aromatic heterocycles. The van der Waals surface area contributed by atoms with Crippen molar-refractivity contribution >= 4 is 23.5 Å². The normalized spacial score (nSPS) is 11.0. The van der Waals surface area contributed by atoms with Gasteiger partial charge in [0.05, 0.1) is 5.02 Å². The van der Waals surface area contributed by atoms with Gasteiger partial charge in [-0.15, -0.1) is 0 Å². The van der Waals surface area contributed by atoms with E-state index >= 15 is 0 Å². The van der Waals surface area contributed by atoms with Gasteiger partial charge in [-0.05, 0) is 49.4 Å². The van der Waals surface area contributed by atoms with E-state index in [-0.39, 0.29) is 12.4 Å². The average molecular weight is 353 g/mol. The molecule has 1 heterocycles.